The molecular weight excluding hydrogens is 338 g/mol. The molecule has 5 N–H and O–H groups in total. The van der Waals surface area contributed by atoms with Crippen LogP contribution in [0.3, 0.4) is 0 Å². The maximum absolute atomic E-state index is 11.1. The van der Waals surface area contributed by atoms with Crippen molar-refractivity contribution < 1.29 is 4.79 Å². The fraction of sp³-hybridized carbons (Fsp3) is 0. The third-order valence-electron chi connectivity index (χ3n) is 2.67. The molecule has 0 heterocycles. The molecule has 0 atom stereocenters. The summed E-state index contributed by atoms with van der Waals surface area (Å²) < 4.78 is 0.807. The first kappa shape index (κ1) is 14.5. The minimum atomic E-state index is -0.460. The summed E-state index contributed by atoms with van der Waals surface area (Å²) >= 11 is 8.36. The highest BCUT2D eigenvalue weighted by atomic mass is 79.9. The first-order chi connectivity index (χ1) is 9.47. The van der Waals surface area contributed by atoms with Crippen LogP contribution < -0.4 is 16.8 Å². The lowest BCUT2D eigenvalue weighted by Crippen LogP contribution is -2.11. The molecule has 0 fully saturated rings. The zero-order valence-corrected chi connectivity index (χ0v) is 12.8. The van der Waals surface area contributed by atoms with Gasteiger partial charge in [-0.1, -0.05) is 18.3 Å². The first-order valence-electron chi connectivity index (χ1n) is 5.73. The van der Waals surface area contributed by atoms with E-state index in [9.17, 15) is 4.79 Å². The number of nitrogens with two attached hydrogens (primary N) is 2. The highest BCUT2D eigenvalue weighted by Crippen LogP contribution is 2.24. The number of carbonyl (C=O) groups excluding carboxylic acids is 1. The second kappa shape index (κ2) is 6.02. The molecule has 0 saturated carbocycles. The average molecular weight is 350 g/mol. The molecule has 2 aromatic rings. The van der Waals surface area contributed by atoms with E-state index in [1.807, 2.05) is 24.3 Å². The Balaban J connectivity index is 2.26. The first-order valence-corrected chi connectivity index (χ1v) is 6.94. The second-order valence-corrected chi connectivity index (χ2v) is 5.42. The van der Waals surface area contributed by atoms with Crippen LogP contribution in [-0.4, -0.2) is 10.9 Å². The molecule has 0 aliphatic rings. The lowest BCUT2D eigenvalue weighted by molar-refractivity contribution is 0.100. The van der Waals surface area contributed by atoms with Crippen LogP contribution in [0.5, 0.6) is 0 Å². The Hall–Kier alpha value is -1.92. The summed E-state index contributed by atoms with van der Waals surface area (Å²) in [5, 5.41) is 3.18. The molecule has 0 aromatic heterocycles. The van der Waals surface area contributed by atoms with Crippen LogP contribution in [-0.2, 0) is 0 Å². The molecule has 4 nitrogen and oxygen atoms in total. The van der Waals surface area contributed by atoms with Crippen molar-refractivity contribution in [2.75, 3.05) is 5.32 Å². The molecule has 0 unspecified atom stereocenters. The Bertz CT molecular complexity index is 688. The van der Waals surface area contributed by atoms with Crippen LogP contribution in [0.2, 0.25) is 0 Å². The standard InChI is InChI=1S/C14H12BrN3OS/c15-12-7-10(4-5-11(12)14(17)20)18-9-3-1-2-8(6-9)13(16)19/h1-7,18H,(H2,16,19)(H2,17,20). The van der Waals surface area contributed by atoms with Gasteiger partial charge in [0.15, 0.2) is 0 Å². The molecule has 102 valence electrons. The van der Waals surface area contributed by atoms with Crippen molar-refractivity contribution in [3.05, 3.63) is 58.1 Å². The predicted molar refractivity (Wildman–Crippen MR) is 88.3 cm³/mol. The van der Waals surface area contributed by atoms with Crippen LogP contribution in [0.15, 0.2) is 46.9 Å². The van der Waals surface area contributed by atoms with Crippen LogP contribution in [0.4, 0.5) is 11.4 Å². The van der Waals surface area contributed by atoms with Crippen LogP contribution >= 0.6 is 28.1 Å². The fourth-order valence-corrected chi connectivity index (χ4v) is 2.61. The molecule has 0 radical (unpaired) electrons. The number of rotatable bonds is 4. The van der Waals surface area contributed by atoms with Crippen LogP contribution in [0.1, 0.15) is 15.9 Å². The number of primary amides is 1. The molecule has 0 aliphatic heterocycles. The summed E-state index contributed by atoms with van der Waals surface area (Å²) in [6.07, 6.45) is 0. The molecule has 0 aliphatic carbocycles. The van der Waals surface area contributed by atoms with Crippen molar-refractivity contribution in [1.82, 2.24) is 0 Å². The van der Waals surface area contributed by atoms with Crippen molar-refractivity contribution >= 4 is 50.4 Å². The molecule has 6 heteroatoms. The summed E-state index contributed by atoms with van der Waals surface area (Å²) in [5.41, 5.74) is 13.7. The van der Waals surface area contributed by atoms with Gasteiger partial charge in [0.1, 0.15) is 4.99 Å². The summed E-state index contributed by atoms with van der Waals surface area (Å²) in [5.74, 6) is -0.460. The second-order valence-electron chi connectivity index (χ2n) is 4.13. The number of anilines is 2. The number of hydrogen-bond donors (Lipinski definition) is 3. The van der Waals surface area contributed by atoms with Crippen LogP contribution in [0, 0.1) is 0 Å². The topological polar surface area (TPSA) is 81.1 Å². The van der Waals surface area contributed by atoms with Gasteiger partial charge < -0.3 is 16.8 Å². The molecular formula is C14H12BrN3OS. The Morgan fingerprint density at radius 3 is 2.40 bits per heavy atom. The van der Waals surface area contributed by atoms with E-state index >= 15 is 0 Å². The molecule has 0 bridgehead atoms. The number of thiocarbonyl (C=S) groups is 1. The van der Waals surface area contributed by atoms with E-state index in [4.69, 9.17) is 23.7 Å². The zero-order chi connectivity index (χ0) is 14.7. The monoisotopic (exact) mass is 349 g/mol. The van der Waals surface area contributed by atoms with Gasteiger partial charge in [0.2, 0.25) is 5.91 Å². The smallest absolute Gasteiger partial charge is 0.248 e. The van der Waals surface area contributed by atoms with E-state index in [2.05, 4.69) is 21.2 Å². The Morgan fingerprint density at radius 1 is 1.10 bits per heavy atom. The average Bonchev–Trinajstić information content (AvgIpc) is 2.38. The lowest BCUT2D eigenvalue weighted by atomic mass is 10.1. The van der Waals surface area contributed by atoms with E-state index in [1.165, 1.54) is 0 Å². The molecule has 1 amide bonds. The minimum absolute atomic E-state index is 0.333. The van der Waals surface area contributed by atoms with Crippen molar-refractivity contribution in [3.63, 3.8) is 0 Å². The van der Waals surface area contributed by atoms with E-state index in [1.54, 1.807) is 18.2 Å². The van der Waals surface area contributed by atoms with E-state index in [0.717, 1.165) is 21.4 Å². The number of nitrogens with one attached hydrogen (secondary N) is 1. The minimum Gasteiger partial charge on any atom is -0.389 e. The van der Waals surface area contributed by atoms with Crippen molar-refractivity contribution in [2.45, 2.75) is 0 Å². The summed E-state index contributed by atoms with van der Waals surface area (Å²) in [6, 6.07) is 12.5. The van der Waals surface area contributed by atoms with E-state index in [-0.39, 0.29) is 0 Å². The Morgan fingerprint density at radius 2 is 1.80 bits per heavy atom. The Kier molecular flexibility index (Phi) is 4.36. The van der Waals surface area contributed by atoms with Gasteiger partial charge in [-0.15, -0.1) is 0 Å². The van der Waals surface area contributed by atoms with Gasteiger partial charge in [0.25, 0.3) is 0 Å². The highest BCUT2D eigenvalue weighted by Gasteiger charge is 2.05. The van der Waals surface area contributed by atoms with Gasteiger partial charge in [0, 0.05) is 27.0 Å². The summed E-state index contributed by atoms with van der Waals surface area (Å²) in [7, 11) is 0. The third kappa shape index (κ3) is 3.34. The SMILES string of the molecule is NC(=O)c1cccc(Nc2ccc(C(N)=S)c(Br)c2)c1. The van der Waals surface area contributed by atoms with Gasteiger partial charge in [-0.3, -0.25) is 4.79 Å². The van der Waals surface area contributed by atoms with Gasteiger partial charge >= 0.3 is 0 Å². The number of benzene rings is 2. The van der Waals surface area contributed by atoms with Gasteiger partial charge in [-0.25, -0.2) is 0 Å². The van der Waals surface area contributed by atoms with Gasteiger partial charge in [0.05, 0.1) is 0 Å². The molecule has 20 heavy (non-hydrogen) atoms. The van der Waals surface area contributed by atoms with Crippen molar-refractivity contribution in [1.29, 1.82) is 0 Å². The quantitative estimate of drug-likeness (QED) is 0.741. The maximum atomic E-state index is 11.1. The predicted octanol–water partition coefficient (Wildman–Crippen LogP) is 2.93. The molecule has 0 saturated heterocycles. The number of halogens is 1. The largest absolute Gasteiger partial charge is 0.389 e. The van der Waals surface area contributed by atoms with E-state index in [0.29, 0.717) is 10.6 Å². The summed E-state index contributed by atoms with van der Waals surface area (Å²) in [4.78, 5) is 11.5. The van der Waals surface area contributed by atoms with E-state index < -0.39 is 5.91 Å². The summed E-state index contributed by atoms with van der Waals surface area (Å²) in [6.45, 7) is 0. The van der Waals surface area contributed by atoms with Crippen molar-refractivity contribution in [3.8, 4) is 0 Å². The van der Waals surface area contributed by atoms with Gasteiger partial charge in [-0.05, 0) is 52.3 Å². The van der Waals surface area contributed by atoms with Crippen molar-refractivity contribution in [2.24, 2.45) is 11.5 Å². The normalized spacial score (nSPS) is 10.1. The Labute approximate surface area is 130 Å². The lowest BCUT2D eigenvalue weighted by Gasteiger charge is -2.10. The molecule has 0 spiro atoms. The third-order valence-corrected chi connectivity index (χ3v) is 3.55. The molecule has 2 rings (SSSR count). The highest BCUT2D eigenvalue weighted by molar-refractivity contribution is 9.10. The number of amides is 1. The molecule has 2 aromatic carbocycles. The maximum Gasteiger partial charge on any atom is 0.248 e. The fourth-order valence-electron chi connectivity index (χ4n) is 1.71. The number of hydrogen-bond acceptors (Lipinski definition) is 3. The zero-order valence-electron chi connectivity index (χ0n) is 10.4. The number of carbonyl (C=O) groups is 1. The van der Waals surface area contributed by atoms with Gasteiger partial charge in [-0.2, -0.15) is 0 Å². The van der Waals surface area contributed by atoms with Crippen LogP contribution in [0.25, 0.3) is 0 Å².